The summed E-state index contributed by atoms with van der Waals surface area (Å²) in [5, 5.41) is -0.679. The summed E-state index contributed by atoms with van der Waals surface area (Å²) in [6, 6.07) is 3.10. The third kappa shape index (κ3) is 3.11. The molecule has 0 bridgehead atoms. The average Bonchev–Trinajstić information content (AvgIpc) is 2.42. The van der Waals surface area contributed by atoms with Crippen molar-refractivity contribution in [3.05, 3.63) is 23.3 Å². The number of carbonyl (C=O) groups is 1. The highest BCUT2D eigenvalue weighted by molar-refractivity contribution is 7.92. The van der Waals surface area contributed by atoms with Gasteiger partial charge in [-0.1, -0.05) is 0 Å². The summed E-state index contributed by atoms with van der Waals surface area (Å²) in [5.74, 6) is 0.386. The summed E-state index contributed by atoms with van der Waals surface area (Å²) in [4.78, 5) is 12.1. The zero-order chi connectivity index (χ0) is 15.6. The van der Waals surface area contributed by atoms with Crippen molar-refractivity contribution in [2.75, 3.05) is 20.3 Å². The minimum absolute atomic E-state index is 0.0445. The predicted octanol–water partition coefficient (Wildman–Crippen LogP) is 2.16. The Balaban J connectivity index is 2.35. The maximum Gasteiger partial charge on any atom is 0.182 e. The predicted molar refractivity (Wildman–Crippen MR) is 78.8 cm³/mol. The lowest BCUT2D eigenvalue weighted by Crippen LogP contribution is -2.29. The van der Waals surface area contributed by atoms with Crippen molar-refractivity contribution in [1.82, 2.24) is 0 Å². The number of Topliss-reactive ketones (excluding diaryl/α,β-unsaturated/α-hetero) is 1. The molecule has 1 unspecified atom stereocenters. The second kappa shape index (κ2) is 6.15. The van der Waals surface area contributed by atoms with Crippen LogP contribution < -0.4 is 4.74 Å². The van der Waals surface area contributed by atoms with Gasteiger partial charge in [-0.15, -0.1) is 0 Å². The van der Waals surface area contributed by atoms with Gasteiger partial charge in [0, 0.05) is 32.1 Å². The lowest BCUT2D eigenvalue weighted by Gasteiger charge is -2.22. The van der Waals surface area contributed by atoms with E-state index in [1.807, 2.05) is 6.92 Å². The highest BCUT2D eigenvalue weighted by Gasteiger charge is 2.36. The smallest absolute Gasteiger partial charge is 0.182 e. The first-order chi connectivity index (χ1) is 9.87. The highest BCUT2D eigenvalue weighted by Crippen LogP contribution is 2.34. The summed E-state index contributed by atoms with van der Waals surface area (Å²) in [6.07, 6.45) is 0.762. The number of ketones is 1. The molecule has 0 aliphatic carbocycles. The topological polar surface area (TPSA) is 69.7 Å². The molecule has 1 aliphatic rings. The van der Waals surface area contributed by atoms with Gasteiger partial charge in [0.1, 0.15) is 5.75 Å². The normalized spacial score (nSPS) is 20.1. The van der Waals surface area contributed by atoms with Crippen LogP contribution in [0.3, 0.4) is 0 Å². The van der Waals surface area contributed by atoms with E-state index in [9.17, 15) is 13.2 Å². The number of fused-ring (bicyclic) bond motifs is 1. The first kappa shape index (κ1) is 16.0. The molecule has 116 valence electrons. The number of aryl methyl sites for hydroxylation is 1. The Morgan fingerprint density at radius 2 is 2.00 bits per heavy atom. The van der Waals surface area contributed by atoms with Crippen LogP contribution in [0.15, 0.2) is 17.0 Å². The molecule has 0 saturated heterocycles. The van der Waals surface area contributed by atoms with Gasteiger partial charge in [0.05, 0.1) is 16.8 Å². The molecule has 2 rings (SSSR count). The van der Waals surface area contributed by atoms with Gasteiger partial charge < -0.3 is 9.47 Å². The molecule has 1 heterocycles. The van der Waals surface area contributed by atoms with Crippen LogP contribution in [0.4, 0.5) is 0 Å². The SMILES string of the molecule is COCCCOc1cc2c(cc1C)C(=O)CC(C)S2(=O)=O. The zero-order valence-corrected chi connectivity index (χ0v) is 13.3. The lowest BCUT2D eigenvalue weighted by molar-refractivity contribution is 0.0975. The van der Waals surface area contributed by atoms with Crippen LogP contribution in [-0.2, 0) is 14.6 Å². The summed E-state index contributed by atoms with van der Waals surface area (Å²) in [6.45, 7) is 4.40. The van der Waals surface area contributed by atoms with Crippen molar-refractivity contribution in [1.29, 1.82) is 0 Å². The maximum atomic E-state index is 12.4. The molecule has 1 aromatic carbocycles. The van der Waals surface area contributed by atoms with Crippen LogP contribution in [0.2, 0.25) is 0 Å². The quantitative estimate of drug-likeness (QED) is 0.779. The van der Waals surface area contributed by atoms with Gasteiger partial charge in [-0.3, -0.25) is 4.79 Å². The van der Waals surface area contributed by atoms with Crippen LogP contribution in [0.5, 0.6) is 5.75 Å². The number of methoxy groups -OCH3 is 1. The Bertz CT molecular complexity index is 648. The van der Waals surface area contributed by atoms with Crippen LogP contribution >= 0.6 is 0 Å². The molecule has 6 heteroatoms. The largest absolute Gasteiger partial charge is 0.493 e. The van der Waals surface area contributed by atoms with Crippen LogP contribution in [0.25, 0.3) is 0 Å². The van der Waals surface area contributed by atoms with Crippen molar-refractivity contribution in [2.45, 2.75) is 36.8 Å². The Morgan fingerprint density at radius 3 is 2.67 bits per heavy atom. The minimum atomic E-state index is -3.45. The third-order valence-corrected chi connectivity index (χ3v) is 5.81. The van der Waals surface area contributed by atoms with Crippen molar-refractivity contribution >= 4 is 15.6 Å². The Morgan fingerprint density at radius 1 is 1.29 bits per heavy atom. The summed E-state index contributed by atoms with van der Waals surface area (Å²) >= 11 is 0. The van der Waals surface area contributed by atoms with Crippen molar-refractivity contribution in [2.24, 2.45) is 0 Å². The van der Waals surface area contributed by atoms with E-state index in [1.165, 1.54) is 6.07 Å². The molecule has 0 aromatic heterocycles. The number of benzene rings is 1. The van der Waals surface area contributed by atoms with E-state index in [-0.39, 0.29) is 22.7 Å². The molecule has 0 amide bonds. The second-order valence-electron chi connectivity index (χ2n) is 5.29. The van der Waals surface area contributed by atoms with Crippen LogP contribution in [-0.4, -0.2) is 39.8 Å². The molecule has 5 nitrogen and oxygen atoms in total. The average molecular weight is 312 g/mol. The molecular formula is C15H20O5S. The fourth-order valence-electron chi connectivity index (χ4n) is 2.36. The van der Waals surface area contributed by atoms with Crippen molar-refractivity contribution < 1.29 is 22.7 Å². The van der Waals surface area contributed by atoms with Gasteiger partial charge in [0.2, 0.25) is 0 Å². The molecular weight excluding hydrogens is 292 g/mol. The van der Waals surface area contributed by atoms with E-state index in [1.54, 1.807) is 20.1 Å². The fourth-order valence-corrected chi connectivity index (χ4v) is 3.92. The number of hydrogen-bond donors (Lipinski definition) is 0. The molecule has 0 fully saturated rings. The minimum Gasteiger partial charge on any atom is -0.493 e. The Kier molecular flexibility index (Phi) is 4.68. The number of carbonyl (C=O) groups excluding carboxylic acids is 1. The fraction of sp³-hybridized carbons (Fsp3) is 0.533. The van der Waals surface area contributed by atoms with E-state index in [0.717, 1.165) is 12.0 Å². The molecule has 0 N–H and O–H groups in total. The van der Waals surface area contributed by atoms with E-state index in [0.29, 0.717) is 19.0 Å². The molecule has 0 spiro atoms. The van der Waals surface area contributed by atoms with Crippen molar-refractivity contribution in [3.63, 3.8) is 0 Å². The first-order valence-electron chi connectivity index (χ1n) is 6.91. The van der Waals surface area contributed by atoms with Gasteiger partial charge in [-0.2, -0.15) is 0 Å². The van der Waals surface area contributed by atoms with Crippen LogP contribution in [0.1, 0.15) is 35.7 Å². The molecule has 1 aliphatic heterocycles. The molecule has 1 atom stereocenters. The van der Waals surface area contributed by atoms with Gasteiger partial charge >= 0.3 is 0 Å². The van der Waals surface area contributed by atoms with Gasteiger partial charge in [0.15, 0.2) is 15.6 Å². The molecule has 21 heavy (non-hydrogen) atoms. The number of rotatable bonds is 5. The lowest BCUT2D eigenvalue weighted by atomic mass is 10.0. The monoisotopic (exact) mass is 312 g/mol. The second-order valence-corrected chi connectivity index (χ2v) is 7.63. The van der Waals surface area contributed by atoms with E-state index >= 15 is 0 Å². The Labute approximate surface area is 125 Å². The number of ether oxygens (including phenoxy) is 2. The van der Waals surface area contributed by atoms with Crippen LogP contribution in [0, 0.1) is 6.92 Å². The number of sulfone groups is 1. The molecule has 1 aromatic rings. The van der Waals surface area contributed by atoms with E-state index < -0.39 is 15.1 Å². The highest BCUT2D eigenvalue weighted by atomic mass is 32.2. The van der Waals surface area contributed by atoms with Gasteiger partial charge in [0.25, 0.3) is 0 Å². The van der Waals surface area contributed by atoms with Gasteiger partial charge in [-0.25, -0.2) is 8.42 Å². The summed E-state index contributed by atoms with van der Waals surface area (Å²) in [5.41, 5.74) is 1.05. The summed E-state index contributed by atoms with van der Waals surface area (Å²) < 4.78 is 35.3. The maximum absolute atomic E-state index is 12.4. The van der Waals surface area contributed by atoms with Gasteiger partial charge in [-0.05, 0) is 31.5 Å². The Hall–Kier alpha value is -1.40. The summed E-state index contributed by atoms with van der Waals surface area (Å²) in [7, 11) is -1.84. The van der Waals surface area contributed by atoms with E-state index in [4.69, 9.17) is 9.47 Å². The third-order valence-electron chi connectivity index (χ3n) is 3.64. The number of hydrogen-bond acceptors (Lipinski definition) is 5. The standard InChI is InChI=1S/C15H20O5S/c1-10-7-12-13(16)8-11(2)21(17,18)15(12)9-14(10)20-6-4-5-19-3/h7,9,11H,4-6,8H2,1-3H3. The molecule has 0 radical (unpaired) electrons. The van der Waals surface area contributed by atoms with Crippen molar-refractivity contribution in [3.8, 4) is 5.75 Å². The van der Waals surface area contributed by atoms with E-state index in [2.05, 4.69) is 0 Å². The molecule has 0 saturated carbocycles. The zero-order valence-electron chi connectivity index (χ0n) is 12.5. The first-order valence-corrected chi connectivity index (χ1v) is 8.46.